The van der Waals surface area contributed by atoms with Gasteiger partial charge in [0.15, 0.2) is 0 Å². The second-order valence-electron chi connectivity index (χ2n) is 4.93. The fourth-order valence-electron chi connectivity index (χ4n) is 2.17. The minimum absolute atomic E-state index is 0.0640. The highest BCUT2D eigenvalue weighted by molar-refractivity contribution is 6.33. The van der Waals surface area contributed by atoms with Crippen LogP contribution in [0, 0.1) is 6.92 Å². The van der Waals surface area contributed by atoms with Crippen LogP contribution in [-0.4, -0.2) is 28.9 Å². The molecule has 1 aromatic heterocycles. The fourth-order valence-corrected chi connectivity index (χ4v) is 2.45. The number of benzene rings is 1. The molecule has 0 fully saturated rings. The van der Waals surface area contributed by atoms with Crippen molar-refractivity contribution in [2.24, 2.45) is 0 Å². The summed E-state index contributed by atoms with van der Waals surface area (Å²) in [6.45, 7) is 5.14. The molecule has 1 heterocycles. The van der Waals surface area contributed by atoms with Crippen molar-refractivity contribution in [3.05, 3.63) is 64.4 Å². The van der Waals surface area contributed by atoms with E-state index in [4.69, 9.17) is 11.6 Å². The van der Waals surface area contributed by atoms with Crippen LogP contribution >= 0.6 is 11.6 Å². The highest BCUT2D eigenvalue weighted by atomic mass is 35.5. The summed E-state index contributed by atoms with van der Waals surface area (Å²) in [6, 6.07) is 11.9. The second kappa shape index (κ2) is 7.23. The number of hydrogen-bond acceptors (Lipinski definition) is 2. The molecule has 0 atom stereocenters. The molecule has 0 saturated heterocycles. The van der Waals surface area contributed by atoms with Gasteiger partial charge in [-0.1, -0.05) is 41.9 Å². The number of nitrogens with zero attached hydrogens (tertiary/aromatic N) is 2. The first-order valence-corrected chi connectivity index (χ1v) is 7.45. The number of hydrogen-bond donors (Lipinski definition) is 0. The predicted octanol–water partition coefficient (Wildman–Crippen LogP) is 3.75. The van der Waals surface area contributed by atoms with Gasteiger partial charge >= 0.3 is 0 Å². The smallest absolute Gasteiger partial charge is 0.256 e. The summed E-state index contributed by atoms with van der Waals surface area (Å²) >= 11 is 6.16. The Balaban J connectivity index is 2.08. The molecule has 3 nitrogen and oxygen atoms in total. The quantitative estimate of drug-likeness (QED) is 0.843. The largest absolute Gasteiger partial charge is 0.339 e. The Morgan fingerprint density at radius 2 is 2.00 bits per heavy atom. The fraction of sp³-hybridized carbons (Fsp3) is 0.294. The zero-order valence-corrected chi connectivity index (χ0v) is 13.1. The Morgan fingerprint density at radius 3 is 2.62 bits per heavy atom. The van der Waals surface area contributed by atoms with E-state index in [1.54, 1.807) is 17.2 Å². The summed E-state index contributed by atoms with van der Waals surface area (Å²) in [5.74, 6) is -0.0640. The van der Waals surface area contributed by atoms with Crippen molar-refractivity contribution in [3.8, 4) is 0 Å². The number of carbonyl (C=O) groups excluding carboxylic acids is 1. The Bertz CT molecular complexity index is 613. The van der Waals surface area contributed by atoms with Gasteiger partial charge in [0, 0.05) is 25.0 Å². The monoisotopic (exact) mass is 302 g/mol. The van der Waals surface area contributed by atoms with Gasteiger partial charge in [-0.05, 0) is 31.9 Å². The number of amides is 1. The molecule has 0 spiro atoms. The molecule has 0 N–H and O–H groups in total. The third-order valence-electron chi connectivity index (χ3n) is 3.40. The summed E-state index contributed by atoms with van der Waals surface area (Å²) in [7, 11) is 0. The number of aromatic nitrogens is 1. The molecule has 1 amide bonds. The van der Waals surface area contributed by atoms with Crippen molar-refractivity contribution >= 4 is 17.5 Å². The van der Waals surface area contributed by atoms with E-state index in [9.17, 15) is 4.79 Å². The van der Waals surface area contributed by atoms with Crippen LogP contribution in [0.4, 0.5) is 0 Å². The van der Waals surface area contributed by atoms with Crippen molar-refractivity contribution in [3.63, 3.8) is 0 Å². The molecule has 0 aliphatic rings. The summed E-state index contributed by atoms with van der Waals surface area (Å²) < 4.78 is 0. The van der Waals surface area contributed by atoms with Gasteiger partial charge in [-0.2, -0.15) is 0 Å². The third-order valence-corrected chi connectivity index (χ3v) is 3.72. The second-order valence-corrected chi connectivity index (χ2v) is 5.33. The van der Waals surface area contributed by atoms with Crippen molar-refractivity contribution in [2.75, 3.05) is 13.1 Å². The third kappa shape index (κ3) is 4.05. The van der Waals surface area contributed by atoms with E-state index >= 15 is 0 Å². The molecule has 110 valence electrons. The average molecular weight is 303 g/mol. The minimum Gasteiger partial charge on any atom is -0.339 e. The number of aryl methyl sites for hydroxylation is 1. The van der Waals surface area contributed by atoms with Crippen LogP contribution in [-0.2, 0) is 6.42 Å². The summed E-state index contributed by atoms with van der Waals surface area (Å²) in [5.41, 5.74) is 2.50. The van der Waals surface area contributed by atoms with Gasteiger partial charge in [0.1, 0.15) is 0 Å². The first kappa shape index (κ1) is 15.5. The van der Waals surface area contributed by atoms with Gasteiger partial charge in [0.2, 0.25) is 0 Å². The van der Waals surface area contributed by atoms with Gasteiger partial charge in [-0.25, -0.2) is 0 Å². The van der Waals surface area contributed by atoms with E-state index in [-0.39, 0.29) is 5.91 Å². The molecule has 0 unspecified atom stereocenters. The van der Waals surface area contributed by atoms with Crippen LogP contribution in [0.5, 0.6) is 0 Å². The molecule has 1 aromatic carbocycles. The van der Waals surface area contributed by atoms with Crippen LogP contribution in [0.2, 0.25) is 5.02 Å². The average Bonchev–Trinajstić information content (AvgIpc) is 2.48. The molecule has 0 aliphatic heterocycles. The van der Waals surface area contributed by atoms with Gasteiger partial charge < -0.3 is 4.90 Å². The molecule has 0 saturated carbocycles. The summed E-state index contributed by atoms with van der Waals surface area (Å²) in [5, 5.41) is 0.464. The van der Waals surface area contributed by atoms with Crippen LogP contribution < -0.4 is 0 Å². The van der Waals surface area contributed by atoms with Crippen LogP contribution in [0.25, 0.3) is 0 Å². The topological polar surface area (TPSA) is 33.2 Å². The van der Waals surface area contributed by atoms with E-state index in [1.807, 2.05) is 32.0 Å². The van der Waals surface area contributed by atoms with E-state index in [1.165, 1.54) is 5.56 Å². The minimum atomic E-state index is -0.0640. The maximum absolute atomic E-state index is 12.5. The zero-order chi connectivity index (χ0) is 15.2. The number of carbonyl (C=O) groups is 1. The van der Waals surface area contributed by atoms with Crippen LogP contribution in [0.15, 0.2) is 42.6 Å². The lowest BCUT2D eigenvalue weighted by Gasteiger charge is -2.21. The number of rotatable bonds is 5. The van der Waals surface area contributed by atoms with Gasteiger partial charge in [0.25, 0.3) is 5.91 Å². The van der Waals surface area contributed by atoms with Gasteiger partial charge in [-0.3, -0.25) is 9.78 Å². The Hall–Kier alpha value is -1.87. The molecular weight excluding hydrogens is 284 g/mol. The Kier molecular flexibility index (Phi) is 5.34. The van der Waals surface area contributed by atoms with E-state index < -0.39 is 0 Å². The number of pyridine rings is 1. The Morgan fingerprint density at radius 1 is 1.29 bits per heavy atom. The summed E-state index contributed by atoms with van der Waals surface area (Å²) in [4.78, 5) is 18.5. The molecule has 2 rings (SSSR count). The molecule has 0 radical (unpaired) electrons. The first-order valence-electron chi connectivity index (χ1n) is 7.07. The molecule has 0 aliphatic carbocycles. The lowest BCUT2D eigenvalue weighted by atomic mass is 10.1. The molecular formula is C17H19ClN2O. The number of halogens is 1. The SMILES string of the molecule is CCN(CCc1ccccc1)C(=O)c1cnc(C)cc1Cl. The number of likely N-dealkylation sites (N-methyl/N-ethyl adjacent to an activating group) is 1. The van der Waals surface area contributed by atoms with Crippen molar-refractivity contribution in [1.82, 2.24) is 9.88 Å². The maximum Gasteiger partial charge on any atom is 0.256 e. The first-order chi connectivity index (χ1) is 10.1. The normalized spacial score (nSPS) is 10.4. The van der Waals surface area contributed by atoms with Gasteiger partial charge in [0.05, 0.1) is 10.6 Å². The lowest BCUT2D eigenvalue weighted by Crippen LogP contribution is -2.33. The van der Waals surface area contributed by atoms with Crippen molar-refractivity contribution in [1.29, 1.82) is 0 Å². The maximum atomic E-state index is 12.5. The van der Waals surface area contributed by atoms with E-state index in [2.05, 4.69) is 17.1 Å². The highest BCUT2D eigenvalue weighted by Gasteiger charge is 2.17. The molecule has 21 heavy (non-hydrogen) atoms. The summed E-state index contributed by atoms with van der Waals surface area (Å²) in [6.07, 6.45) is 2.39. The standard InChI is InChI=1S/C17H19ClN2O/c1-3-20(10-9-14-7-5-4-6-8-14)17(21)15-12-19-13(2)11-16(15)18/h4-8,11-12H,3,9-10H2,1-2H3. The van der Waals surface area contributed by atoms with Crippen LogP contribution in [0.1, 0.15) is 28.5 Å². The molecule has 2 aromatic rings. The Labute approximate surface area is 130 Å². The lowest BCUT2D eigenvalue weighted by molar-refractivity contribution is 0.0766. The van der Waals surface area contributed by atoms with Crippen molar-refractivity contribution < 1.29 is 4.79 Å². The van der Waals surface area contributed by atoms with Crippen LogP contribution in [0.3, 0.4) is 0 Å². The highest BCUT2D eigenvalue weighted by Crippen LogP contribution is 2.18. The zero-order valence-electron chi connectivity index (χ0n) is 12.3. The predicted molar refractivity (Wildman–Crippen MR) is 85.7 cm³/mol. The van der Waals surface area contributed by atoms with Crippen molar-refractivity contribution in [2.45, 2.75) is 20.3 Å². The van der Waals surface area contributed by atoms with E-state index in [0.717, 1.165) is 12.1 Å². The van der Waals surface area contributed by atoms with E-state index in [0.29, 0.717) is 23.7 Å². The molecule has 0 bridgehead atoms. The van der Waals surface area contributed by atoms with Gasteiger partial charge in [-0.15, -0.1) is 0 Å². The molecule has 4 heteroatoms.